The van der Waals surface area contributed by atoms with Gasteiger partial charge >= 0.3 is 0 Å². The molecule has 0 aliphatic heterocycles. The predicted octanol–water partition coefficient (Wildman–Crippen LogP) is 3.70. The molecule has 2 rings (SSSR count). The molecule has 0 saturated heterocycles. The molecule has 2 aliphatic rings. The minimum atomic E-state index is 0.298. The summed E-state index contributed by atoms with van der Waals surface area (Å²) in [7, 11) is 0. The Labute approximate surface area is 99.3 Å². The van der Waals surface area contributed by atoms with Crippen LogP contribution in [-0.2, 0) is 0 Å². The predicted molar refractivity (Wildman–Crippen MR) is 68.2 cm³/mol. The Morgan fingerprint density at radius 1 is 1.38 bits per heavy atom. The topological polar surface area (TPSA) is 20.2 Å². The number of aliphatic hydroxyl groups excluding tert-OH is 1. The van der Waals surface area contributed by atoms with Crippen LogP contribution in [0.15, 0.2) is 22.8 Å². The van der Waals surface area contributed by atoms with Gasteiger partial charge in [0.15, 0.2) is 0 Å². The van der Waals surface area contributed by atoms with Gasteiger partial charge in [-0.25, -0.2) is 0 Å². The van der Waals surface area contributed by atoms with Crippen LogP contribution in [0.5, 0.6) is 0 Å². The molecule has 1 heteroatoms. The van der Waals surface area contributed by atoms with Gasteiger partial charge < -0.3 is 5.11 Å². The first-order chi connectivity index (χ1) is 7.63. The molecule has 0 saturated carbocycles. The molecule has 3 atom stereocenters. The lowest BCUT2D eigenvalue weighted by Gasteiger charge is -2.37. The molecule has 0 aromatic heterocycles. The summed E-state index contributed by atoms with van der Waals surface area (Å²) in [6, 6.07) is 0. The fraction of sp³-hybridized carbons (Fsp3) is 0.733. The van der Waals surface area contributed by atoms with Gasteiger partial charge in [-0.3, -0.25) is 0 Å². The number of allylic oxidation sites excluding steroid dienone is 3. The van der Waals surface area contributed by atoms with E-state index < -0.39 is 0 Å². The number of aliphatic hydroxyl groups is 1. The van der Waals surface area contributed by atoms with Crippen LogP contribution in [-0.4, -0.2) is 11.7 Å². The van der Waals surface area contributed by atoms with Gasteiger partial charge in [-0.2, -0.15) is 0 Å². The van der Waals surface area contributed by atoms with E-state index in [0.29, 0.717) is 12.5 Å². The highest BCUT2D eigenvalue weighted by molar-refractivity contribution is 5.36. The summed E-state index contributed by atoms with van der Waals surface area (Å²) in [6.45, 7) is 7.09. The molecule has 0 radical (unpaired) electrons. The van der Waals surface area contributed by atoms with Crippen molar-refractivity contribution in [3.8, 4) is 0 Å². The van der Waals surface area contributed by atoms with E-state index in [1.54, 1.807) is 5.57 Å². The summed E-state index contributed by atoms with van der Waals surface area (Å²) >= 11 is 0. The highest BCUT2D eigenvalue weighted by Gasteiger charge is 2.31. The lowest BCUT2D eigenvalue weighted by atomic mass is 9.68. The van der Waals surface area contributed by atoms with E-state index >= 15 is 0 Å². The summed E-state index contributed by atoms with van der Waals surface area (Å²) in [5, 5.41) is 9.35. The minimum Gasteiger partial charge on any atom is -0.396 e. The zero-order valence-electron chi connectivity index (χ0n) is 10.8. The van der Waals surface area contributed by atoms with Crippen molar-refractivity contribution in [3.63, 3.8) is 0 Å². The van der Waals surface area contributed by atoms with Gasteiger partial charge in [-0.15, -0.1) is 0 Å². The highest BCUT2D eigenvalue weighted by atomic mass is 16.3. The van der Waals surface area contributed by atoms with Gasteiger partial charge in [-0.1, -0.05) is 31.1 Å². The standard InChI is InChI=1S/C15H24O/c1-10-4-6-13-11(2)5-7-14(12(3)9-16)15(13)8-10/h8,11-13,16H,4-7,9H2,1-3H3/t11-,12+,13+/m1/s1. The van der Waals surface area contributed by atoms with Crippen LogP contribution in [0.1, 0.15) is 46.5 Å². The summed E-state index contributed by atoms with van der Waals surface area (Å²) in [4.78, 5) is 0. The number of hydrogen-bond donors (Lipinski definition) is 1. The molecule has 0 spiro atoms. The zero-order valence-corrected chi connectivity index (χ0v) is 10.8. The maximum absolute atomic E-state index is 9.35. The van der Waals surface area contributed by atoms with Gasteiger partial charge in [0.25, 0.3) is 0 Å². The molecule has 2 aliphatic carbocycles. The van der Waals surface area contributed by atoms with E-state index in [1.807, 2.05) is 0 Å². The smallest absolute Gasteiger partial charge is 0.0494 e. The van der Waals surface area contributed by atoms with Crippen LogP contribution in [0, 0.1) is 17.8 Å². The van der Waals surface area contributed by atoms with Crippen molar-refractivity contribution in [2.75, 3.05) is 6.61 Å². The second kappa shape index (κ2) is 4.75. The van der Waals surface area contributed by atoms with Crippen LogP contribution in [0.4, 0.5) is 0 Å². The minimum absolute atomic E-state index is 0.298. The molecular formula is C15H24O. The quantitative estimate of drug-likeness (QED) is 0.752. The molecule has 1 N–H and O–H groups in total. The van der Waals surface area contributed by atoms with Crippen LogP contribution >= 0.6 is 0 Å². The fourth-order valence-corrected chi connectivity index (χ4v) is 3.28. The molecule has 0 heterocycles. The molecule has 90 valence electrons. The van der Waals surface area contributed by atoms with Gasteiger partial charge in [-0.05, 0) is 50.0 Å². The average Bonchev–Trinajstić information content (AvgIpc) is 2.28. The Kier molecular flexibility index (Phi) is 3.53. The first-order valence-corrected chi connectivity index (χ1v) is 6.64. The Hall–Kier alpha value is -0.560. The molecule has 0 amide bonds. The third kappa shape index (κ3) is 2.10. The Morgan fingerprint density at radius 2 is 2.12 bits per heavy atom. The van der Waals surface area contributed by atoms with Crippen LogP contribution < -0.4 is 0 Å². The molecule has 0 fully saturated rings. The second-order valence-corrected chi connectivity index (χ2v) is 5.72. The normalized spacial score (nSPS) is 32.1. The van der Waals surface area contributed by atoms with Crippen molar-refractivity contribution in [2.24, 2.45) is 17.8 Å². The van der Waals surface area contributed by atoms with E-state index in [0.717, 1.165) is 11.8 Å². The number of hydrogen-bond acceptors (Lipinski definition) is 1. The van der Waals surface area contributed by atoms with Crippen molar-refractivity contribution >= 4 is 0 Å². The van der Waals surface area contributed by atoms with Crippen molar-refractivity contribution in [1.29, 1.82) is 0 Å². The summed E-state index contributed by atoms with van der Waals surface area (Å²) < 4.78 is 0. The summed E-state index contributed by atoms with van der Waals surface area (Å²) in [5.41, 5.74) is 4.62. The molecule has 1 nitrogen and oxygen atoms in total. The van der Waals surface area contributed by atoms with Crippen molar-refractivity contribution in [1.82, 2.24) is 0 Å². The third-order valence-corrected chi connectivity index (χ3v) is 4.45. The van der Waals surface area contributed by atoms with Crippen molar-refractivity contribution < 1.29 is 5.11 Å². The lowest BCUT2D eigenvalue weighted by Crippen LogP contribution is -2.25. The largest absolute Gasteiger partial charge is 0.396 e. The Bertz CT molecular complexity index is 324. The zero-order chi connectivity index (χ0) is 11.7. The Balaban J connectivity index is 2.38. The molecule has 0 unspecified atom stereocenters. The maximum atomic E-state index is 9.35. The summed E-state index contributed by atoms with van der Waals surface area (Å²) in [6.07, 6.45) is 7.49. The first-order valence-electron chi connectivity index (χ1n) is 6.64. The van der Waals surface area contributed by atoms with Crippen LogP contribution in [0.25, 0.3) is 0 Å². The monoisotopic (exact) mass is 220 g/mol. The summed E-state index contributed by atoms with van der Waals surface area (Å²) in [5.74, 6) is 1.95. The second-order valence-electron chi connectivity index (χ2n) is 5.72. The number of rotatable bonds is 2. The van der Waals surface area contributed by atoms with Crippen LogP contribution in [0.2, 0.25) is 0 Å². The van der Waals surface area contributed by atoms with Gasteiger partial charge in [0.05, 0.1) is 0 Å². The number of fused-ring (bicyclic) bond motifs is 1. The van der Waals surface area contributed by atoms with Gasteiger partial charge in [0, 0.05) is 12.5 Å². The van der Waals surface area contributed by atoms with E-state index in [9.17, 15) is 5.11 Å². The van der Waals surface area contributed by atoms with Crippen molar-refractivity contribution in [3.05, 3.63) is 22.8 Å². The van der Waals surface area contributed by atoms with E-state index in [-0.39, 0.29) is 0 Å². The maximum Gasteiger partial charge on any atom is 0.0494 e. The SMILES string of the molecule is CC1=CC2=C([C@@H](C)CO)CC[C@@H](C)[C@@H]2CC1. The fourth-order valence-electron chi connectivity index (χ4n) is 3.28. The molecule has 16 heavy (non-hydrogen) atoms. The van der Waals surface area contributed by atoms with E-state index in [2.05, 4.69) is 26.8 Å². The average molecular weight is 220 g/mol. The van der Waals surface area contributed by atoms with E-state index in [4.69, 9.17) is 0 Å². The Morgan fingerprint density at radius 3 is 2.81 bits per heavy atom. The molecule has 0 aromatic carbocycles. The highest BCUT2D eigenvalue weighted by Crippen LogP contribution is 2.43. The molecule has 0 bridgehead atoms. The van der Waals surface area contributed by atoms with Crippen LogP contribution in [0.3, 0.4) is 0 Å². The van der Waals surface area contributed by atoms with E-state index in [1.165, 1.54) is 36.8 Å². The van der Waals surface area contributed by atoms with Gasteiger partial charge in [0.2, 0.25) is 0 Å². The van der Waals surface area contributed by atoms with Gasteiger partial charge in [0.1, 0.15) is 0 Å². The van der Waals surface area contributed by atoms with Crippen molar-refractivity contribution in [2.45, 2.75) is 46.5 Å². The molecule has 0 aromatic rings. The first kappa shape index (κ1) is 11.9. The lowest BCUT2D eigenvalue weighted by molar-refractivity contribution is 0.242. The third-order valence-electron chi connectivity index (χ3n) is 4.45. The molecular weight excluding hydrogens is 196 g/mol.